The number of hydrogen-bond acceptors (Lipinski definition) is 5. The van der Waals surface area contributed by atoms with E-state index in [4.69, 9.17) is 9.72 Å². The van der Waals surface area contributed by atoms with Crippen molar-refractivity contribution in [3.63, 3.8) is 0 Å². The lowest BCUT2D eigenvalue weighted by molar-refractivity contribution is 0.0384. The second kappa shape index (κ2) is 4.97. The van der Waals surface area contributed by atoms with Crippen LogP contribution in [-0.4, -0.2) is 37.1 Å². The minimum absolute atomic E-state index is 0.298. The number of nitrogens with zero attached hydrogens (tertiary/aromatic N) is 2. The Hall–Kier alpha value is -0.940. The van der Waals surface area contributed by atoms with Crippen molar-refractivity contribution in [1.29, 1.82) is 0 Å². The second-order valence-electron chi connectivity index (χ2n) is 4.99. The molecule has 1 aromatic heterocycles. The summed E-state index contributed by atoms with van der Waals surface area (Å²) in [6, 6.07) is 0. The van der Waals surface area contributed by atoms with Crippen LogP contribution in [0.25, 0.3) is 0 Å². The number of aldehydes is 1. The molecule has 0 radical (unpaired) electrons. The highest BCUT2D eigenvalue weighted by Gasteiger charge is 2.31. The van der Waals surface area contributed by atoms with Crippen molar-refractivity contribution < 1.29 is 9.53 Å². The Bertz CT molecular complexity index is 442. The molecule has 1 saturated carbocycles. The first-order valence-electron chi connectivity index (χ1n) is 6.64. The van der Waals surface area contributed by atoms with Crippen LogP contribution in [0.1, 0.15) is 47.5 Å². The Morgan fingerprint density at radius 2 is 2.39 bits per heavy atom. The molecule has 4 nitrogen and oxygen atoms in total. The average Bonchev–Trinajstić information content (AvgIpc) is 3.18. The zero-order valence-corrected chi connectivity index (χ0v) is 11.4. The van der Waals surface area contributed by atoms with Gasteiger partial charge in [-0.1, -0.05) is 18.3 Å². The molecule has 1 aliphatic heterocycles. The van der Waals surface area contributed by atoms with Gasteiger partial charge in [0, 0.05) is 19.0 Å². The highest BCUT2D eigenvalue weighted by atomic mass is 32.1. The van der Waals surface area contributed by atoms with Gasteiger partial charge in [-0.15, -0.1) is 0 Å². The number of carbonyl (C=O) groups is 1. The predicted octanol–water partition coefficient (Wildman–Crippen LogP) is 2.45. The van der Waals surface area contributed by atoms with Crippen LogP contribution < -0.4 is 4.90 Å². The van der Waals surface area contributed by atoms with Crippen molar-refractivity contribution in [2.24, 2.45) is 0 Å². The van der Waals surface area contributed by atoms with E-state index < -0.39 is 0 Å². The third kappa shape index (κ3) is 2.29. The monoisotopic (exact) mass is 266 g/mol. The van der Waals surface area contributed by atoms with Gasteiger partial charge in [0.25, 0.3) is 0 Å². The summed E-state index contributed by atoms with van der Waals surface area (Å²) in [6.45, 7) is 4.68. The Balaban J connectivity index is 1.80. The van der Waals surface area contributed by atoms with Crippen LogP contribution >= 0.6 is 11.3 Å². The van der Waals surface area contributed by atoms with Crippen molar-refractivity contribution in [2.75, 3.05) is 24.6 Å². The summed E-state index contributed by atoms with van der Waals surface area (Å²) in [7, 11) is 0. The number of ether oxygens (including phenoxy) is 1. The summed E-state index contributed by atoms with van der Waals surface area (Å²) < 4.78 is 5.67. The van der Waals surface area contributed by atoms with Gasteiger partial charge >= 0.3 is 0 Å². The molecule has 1 atom stereocenters. The van der Waals surface area contributed by atoms with Crippen molar-refractivity contribution in [2.45, 2.75) is 38.2 Å². The lowest BCUT2D eigenvalue weighted by Crippen LogP contribution is -2.42. The summed E-state index contributed by atoms with van der Waals surface area (Å²) in [5.41, 5.74) is 1.03. The van der Waals surface area contributed by atoms with Gasteiger partial charge in [0.15, 0.2) is 11.4 Å². The minimum Gasteiger partial charge on any atom is -0.375 e. The van der Waals surface area contributed by atoms with Crippen LogP contribution in [0.5, 0.6) is 0 Å². The summed E-state index contributed by atoms with van der Waals surface area (Å²) in [6.07, 6.45) is 4.66. The van der Waals surface area contributed by atoms with E-state index in [1.807, 2.05) is 0 Å². The van der Waals surface area contributed by atoms with E-state index in [0.29, 0.717) is 12.0 Å². The number of thiazole rings is 1. The third-order valence-corrected chi connectivity index (χ3v) is 4.66. The smallest absolute Gasteiger partial charge is 0.186 e. The van der Waals surface area contributed by atoms with E-state index in [1.165, 1.54) is 24.2 Å². The average molecular weight is 266 g/mol. The zero-order valence-electron chi connectivity index (χ0n) is 10.6. The maximum Gasteiger partial charge on any atom is 0.186 e. The van der Waals surface area contributed by atoms with Crippen LogP contribution in [0.4, 0.5) is 5.13 Å². The lowest BCUT2D eigenvalue weighted by atomic mass is 10.2. The van der Waals surface area contributed by atoms with E-state index in [0.717, 1.165) is 48.1 Å². The van der Waals surface area contributed by atoms with Crippen molar-refractivity contribution in [3.8, 4) is 0 Å². The normalized spacial score (nSPS) is 24.3. The summed E-state index contributed by atoms with van der Waals surface area (Å²) >= 11 is 1.54. The molecule has 98 valence electrons. The number of rotatable bonds is 4. The molecule has 2 aliphatic rings. The summed E-state index contributed by atoms with van der Waals surface area (Å²) in [4.78, 5) is 18.9. The van der Waals surface area contributed by atoms with Gasteiger partial charge in [-0.25, -0.2) is 4.98 Å². The highest BCUT2D eigenvalue weighted by molar-refractivity contribution is 7.17. The molecule has 5 heteroatoms. The van der Waals surface area contributed by atoms with E-state index >= 15 is 0 Å². The first-order valence-corrected chi connectivity index (χ1v) is 7.46. The number of morpholine rings is 1. The van der Waals surface area contributed by atoms with Gasteiger partial charge in [0.05, 0.1) is 23.3 Å². The molecule has 1 aromatic rings. The Morgan fingerprint density at radius 1 is 1.56 bits per heavy atom. The standard InChI is InChI=1S/C13H18N2O2S/c1-2-10-7-15(5-6-17-10)13-14-12(9-3-4-9)11(8-16)18-13/h8-10H,2-7H2,1H3. The molecule has 0 aromatic carbocycles. The van der Waals surface area contributed by atoms with Gasteiger partial charge < -0.3 is 9.64 Å². The molecular formula is C13H18N2O2S. The van der Waals surface area contributed by atoms with E-state index in [-0.39, 0.29) is 0 Å². The van der Waals surface area contributed by atoms with Crippen molar-refractivity contribution >= 4 is 22.8 Å². The molecule has 1 saturated heterocycles. The maximum atomic E-state index is 11.1. The van der Waals surface area contributed by atoms with Crippen LogP contribution in [-0.2, 0) is 4.74 Å². The Morgan fingerprint density at radius 3 is 3.06 bits per heavy atom. The quantitative estimate of drug-likeness (QED) is 0.785. The first-order chi connectivity index (χ1) is 8.81. The molecular weight excluding hydrogens is 248 g/mol. The molecule has 1 unspecified atom stereocenters. The molecule has 1 aliphatic carbocycles. The van der Waals surface area contributed by atoms with E-state index in [2.05, 4.69) is 11.8 Å². The number of anilines is 1. The second-order valence-corrected chi connectivity index (χ2v) is 5.99. The fraction of sp³-hybridized carbons (Fsp3) is 0.692. The SMILES string of the molecule is CCC1CN(c2nc(C3CC3)c(C=O)s2)CCO1. The predicted molar refractivity (Wildman–Crippen MR) is 71.7 cm³/mol. The van der Waals surface area contributed by atoms with Gasteiger partial charge in [0.1, 0.15) is 0 Å². The molecule has 0 N–H and O–H groups in total. The van der Waals surface area contributed by atoms with Crippen LogP contribution in [0.3, 0.4) is 0 Å². The summed E-state index contributed by atoms with van der Waals surface area (Å²) in [5, 5.41) is 1.00. The van der Waals surface area contributed by atoms with Crippen LogP contribution in [0.2, 0.25) is 0 Å². The van der Waals surface area contributed by atoms with E-state index in [9.17, 15) is 4.79 Å². The fourth-order valence-electron chi connectivity index (χ4n) is 2.34. The first kappa shape index (κ1) is 12.1. The number of hydrogen-bond donors (Lipinski definition) is 0. The Labute approximate surface area is 111 Å². The third-order valence-electron chi connectivity index (χ3n) is 3.61. The van der Waals surface area contributed by atoms with Gasteiger partial charge in [-0.2, -0.15) is 0 Å². The molecule has 3 rings (SSSR count). The molecule has 2 fully saturated rings. The maximum absolute atomic E-state index is 11.1. The molecule has 18 heavy (non-hydrogen) atoms. The molecule has 2 heterocycles. The largest absolute Gasteiger partial charge is 0.375 e. The van der Waals surface area contributed by atoms with Gasteiger partial charge in [-0.05, 0) is 19.3 Å². The highest BCUT2D eigenvalue weighted by Crippen LogP contribution is 2.43. The minimum atomic E-state index is 0.298. The van der Waals surface area contributed by atoms with Crippen molar-refractivity contribution in [3.05, 3.63) is 10.6 Å². The van der Waals surface area contributed by atoms with Crippen LogP contribution in [0, 0.1) is 0 Å². The van der Waals surface area contributed by atoms with Gasteiger partial charge in [-0.3, -0.25) is 4.79 Å². The lowest BCUT2D eigenvalue weighted by Gasteiger charge is -2.32. The zero-order chi connectivity index (χ0) is 12.5. The number of carbonyl (C=O) groups excluding carboxylic acids is 1. The van der Waals surface area contributed by atoms with Crippen LogP contribution in [0.15, 0.2) is 0 Å². The fourth-order valence-corrected chi connectivity index (χ4v) is 3.34. The molecule has 0 amide bonds. The van der Waals surface area contributed by atoms with Gasteiger partial charge in [0.2, 0.25) is 0 Å². The molecule has 0 bridgehead atoms. The van der Waals surface area contributed by atoms with E-state index in [1.54, 1.807) is 0 Å². The molecule has 0 spiro atoms. The Kier molecular flexibility index (Phi) is 3.35. The number of aromatic nitrogens is 1. The summed E-state index contributed by atoms with van der Waals surface area (Å²) in [5.74, 6) is 0.540. The van der Waals surface area contributed by atoms with Crippen molar-refractivity contribution in [1.82, 2.24) is 4.98 Å². The topological polar surface area (TPSA) is 42.4 Å².